The second kappa shape index (κ2) is 5.14. The van der Waals surface area contributed by atoms with Crippen molar-refractivity contribution in [2.75, 3.05) is 24.6 Å². The van der Waals surface area contributed by atoms with E-state index in [1.807, 2.05) is 6.07 Å². The summed E-state index contributed by atoms with van der Waals surface area (Å²) in [5.74, 6) is 0.00459. The van der Waals surface area contributed by atoms with Gasteiger partial charge >= 0.3 is 0 Å². The van der Waals surface area contributed by atoms with Crippen molar-refractivity contribution >= 4 is 11.5 Å². The summed E-state index contributed by atoms with van der Waals surface area (Å²) in [5.41, 5.74) is 6.96. The van der Waals surface area contributed by atoms with Crippen molar-refractivity contribution in [2.24, 2.45) is 5.73 Å². The highest BCUT2D eigenvalue weighted by Crippen LogP contribution is 2.17. The number of pyridine rings is 1. The van der Waals surface area contributed by atoms with Crippen LogP contribution in [-0.4, -0.2) is 36.6 Å². The minimum absolute atomic E-state index is 0.00459. The molecule has 2 heterocycles. The van der Waals surface area contributed by atoms with Crippen LogP contribution in [0.5, 0.6) is 0 Å². The Morgan fingerprint density at radius 3 is 3.06 bits per heavy atom. The standard InChI is InChI=1S/C12H18N4O/c1-2-10-8-16(5-6-17-10)9-3-4-11(12(13)14)15-7-9/h3-4,7,10H,2,5-6,8H2,1H3,(H3,13,14). The number of rotatable bonds is 3. The number of hydrogen-bond donors (Lipinski definition) is 2. The Morgan fingerprint density at radius 1 is 1.65 bits per heavy atom. The SMILES string of the molecule is CCC1CN(c2ccc(C(=N)N)nc2)CCO1. The van der Waals surface area contributed by atoms with Crippen LogP contribution in [-0.2, 0) is 4.74 Å². The van der Waals surface area contributed by atoms with Crippen molar-refractivity contribution in [3.8, 4) is 0 Å². The fourth-order valence-electron chi connectivity index (χ4n) is 1.93. The van der Waals surface area contributed by atoms with Gasteiger partial charge in [0.05, 0.1) is 24.6 Å². The molecule has 1 atom stereocenters. The first-order valence-electron chi connectivity index (χ1n) is 5.87. The number of ether oxygens (including phenoxy) is 1. The molecule has 2 rings (SSSR count). The molecule has 1 unspecified atom stereocenters. The molecular weight excluding hydrogens is 216 g/mol. The van der Waals surface area contributed by atoms with E-state index in [-0.39, 0.29) is 5.84 Å². The quantitative estimate of drug-likeness (QED) is 0.604. The molecule has 1 aromatic rings. The Hall–Kier alpha value is -1.62. The maximum absolute atomic E-state index is 7.29. The molecule has 1 fully saturated rings. The van der Waals surface area contributed by atoms with Crippen LogP contribution in [0.25, 0.3) is 0 Å². The topological polar surface area (TPSA) is 75.2 Å². The number of nitrogens with zero attached hydrogens (tertiary/aromatic N) is 2. The molecule has 0 radical (unpaired) electrons. The largest absolute Gasteiger partial charge is 0.382 e. The molecule has 5 nitrogen and oxygen atoms in total. The molecule has 17 heavy (non-hydrogen) atoms. The predicted molar refractivity (Wildman–Crippen MR) is 67.5 cm³/mol. The maximum Gasteiger partial charge on any atom is 0.141 e. The molecule has 1 aliphatic heterocycles. The summed E-state index contributed by atoms with van der Waals surface area (Å²) in [6.07, 6.45) is 3.10. The zero-order chi connectivity index (χ0) is 12.3. The summed E-state index contributed by atoms with van der Waals surface area (Å²) >= 11 is 0. The third-order valence-electron chi connectivity index (χ3n) is 2.98. The van der Waals surface area contributed by atoms with Crippen LogP contribution in [0.1, 0.15) is 19.0 Å². The van der Waals surface area contributed by atoms with E-state index >= 15 is 0 Å². The average molecular weight is 234 g/mol. The van der Waals surface area contributed by atoms with Crippen LogP contribution in [0, 0.1) is 5.41 Å². The highest BCUT2D eigenvalue weighted by Gasteiger charge is 2.19. The number of morpholine rings is 1. The molecular formula is C12H18N4O. The van der Waals surface area contributed by atoms with Gasteiger partial charge < -0.3 is 15.4 Å². The first-order valence-corrected chi connectivity index (χ1v) is 5.87. The van der Waals surface area contributed by atoms with E-state index < -0.39 is 0 Å². The second-order valence-electron chi connectivity index (χ2n) is 4.16. The van der Waals surface area contributed by atoms with E-state index in [9.17, 15) is 0 Å². The van der Waals surface area contributed by atoms with Gasteiger partial charge in [-0.1, -0.05) is 6.92 Å². The van der Waals surface area contributed by atoms with Crippen molar-refractivity contribution in [2.45, 2.75) is 19.4 Å². The molecule has 92 valence electrons. The number of hydrogen-bond acceptors (Lipinski definition) is 4. The number of nitrogen functional groups attached to an aromatic ring is 1. The van der Waals surface area contributed by atoms with Gasteiger partial charge in [0.15, 0.2) is 0 Å². The Balaban J connectivity index is 2.08. The second-order valence-corrected chi connectivity index (χ2v) is 4.16. The lowest BCUT2D eigenvalue weighted by Crippen LogP contribution is -2.42. The van der Waals surface area contributed by atoms with Crippen LogP contribution < -0.4 is 10.6 Å². The predicted octanol–water partition coefficient (Wildman–Crippen LogP) is 0.981. The minimum atomic E-state index is 0.00459. The highest BCUT2D eigenvalue weighted by molar-refractivity contribution is 5.93. The average Bonchev–Trinajstić information content (AvgIpc) is 2.39. The zero-order valence-corrected chi connectivity index (χ0v) is 10.0. The normalized spacial score (nSPS) is 20.3. The number of nitrogens with two attached hydrogens (primary N) is 1. The molecule has 0 bridgehead atoms. The summed E-state index contributed by atoms with van der Waals surface area (Å²) < 4.78 is 5.62. The molecule has 3 N–H and O–H groups in total. The molecule has 1 saturated heterocycles. The van der Waals surface area contributed by atoms with Gasteiger partial charge in [0.2, 0.25) is 0 Å². The van der Waals surface area contributed by atoms with Crippen LogP contribution in [0.4, 0.5) is 5.69 Å². The van der Waals surface area contributed by atoms with Gasteiger partial charge in [-0.3, -0.25) is 10.4 Å². The number of amidine groups is 1. The summed E-state index contributed by atoms with van der Waals surface area (Å²) in [6, 6.07) is 3.75. The van der Waals surface area contributed by atoms with E-state index in [1.165, 1.54) is 0 Å². The van der Waals surface area contributed by atoms with Crippen molar-refractivity contribution in [1.82, 2.24) is 4.98 Å². The third-order valence-corrected chi connectivity index (χ3v) is 2.98. The van der Waals surface area contributed by atoms with Gasteiger partial charge in [0.1, 0.15) is 11.5 Å². The van der Waals surface area contributed by atoms with Crippen molar-refractivity contribution in [3.05, 3.63) is 24.0 Å². The number of anilines is 1. The maximum atomic E-state index is 7.29. The highest BCUT2D eigenvalue weighted by atomic mass is 16.5. The smallest absolute Gasteiger partial charge is 0.141 e. The Bertz CT molecular complexity index is 390. The van der Waals surface area contributed by atoms with E-state index in [0.29, 0.717) is 11.8 Å². The van der Waals surface area contributed by atoms with Crippen molar-refractivity contribution < 1.29 is 4.74 Å². The first-order chi connectivity index (χ1) is 8.20. The van der Waals surface area contributed by atoms with Gasteiger partial charge in [0, 0.05) is 13.1 Å². The molecule has 0 saturated carbocycles. The monoisotopic (exact) mass is 234 g/mol. The molecule has 5 heteroatoms. The summed E-state index contributed by atoms with van der Waals surface area (Å²) in [6.45, 7) is 4.67. The van der Waals surface area contributed by atoms with Gasteiger partial charge in [-0.05, 0) is 18.6 Å². The van der Waals surface area contributed by atoms with Gasteiger partial charge in [-0.25, -0.2) is 0 Å². The molecule has 1 aromatic heterocycles. The van der Waals surface area contributed by atoms with Crippen LogP contribution >= 0.6 is 0 Å². The molecule has 0 aromatic carbocycles. The molecule has 0 aliphatic carbocycles. The van der Waals surface area contributed by atoms with E-state index in [1.54, 1.807) is 12.3 Å². The number of nitrogens with one attached hydrogen (secondary N) is 1. The van der Waals surface area contributed by atoms with Gasteiger partial charge in [-0.15, -0.1) is 0 Å². The fraction of sp³-hybridized carbons (Fsp3) is 0.500. The Morgan fingerprint density at radius 2 is 2.47 bits per heavy atom. The first kappa shape index (κ1) is 11.9. The van der Waals surface area contributed by atoms with Crippen LogP contribution in [0.2, 0.25) is 0 Å². The molecule has 1 aliphatic rings. The lowest BCUT2D eigenvalue weighted by Gasteiger charge is -2.33. The Labute approximate surface area is 101 Å². The summed E-state index contributed by atoms with van der Waals surface area (Å²) in [5, 5.41) is 7.29. The van der Waals surface area contributed by atoms with Crippen molar-refractivity contribution in [3.63, 3.8) is 0 Å². The minimum Gasteiger partial charge on any atom is -0.382 e. The van der Waals surface area contributed by atoms with E-state index in [0.717, 1.165) is 31.8 Å². The Kier molecular flexibility index (Phi) is 3.58. The lowest BCUT2D eigenvalue weighted by atomic mass is 10.2. The lowest BCUT2D eigenvalue weighted by molar-refractivity contribution is 0.0384. The van der Waals surface area contributed by atoms with Crippen molar-refractivity contribution in [1.29, 1.82) is 5.41 Å². The number of aromatic nitrogens is 1. The summed E-state index contributed by atoms with van der Waals surface area (Å²) in [4.78, 5) is 6.43. The van der Waals surface area contributed by atoms with Crippen LogP contribution in [0.15, 0.2) is 18.3 Å². The molecule has 0 spiro atoms. The van der Waals surface area contributed by atoms with Gasteiger partial charge in [-0.2, -0.15) is 0 Å². The third kappa shape index (κ3) is 2.74. The van der Waals surface area contributed by atoms with E-state index in [4.69, 9.17) is 15.9 Å². The summed E-state index contributed by atoms with van der Waals surface area (Å²) in [7, 11) is 0. The van der Waals surface area contributed by atoms with Gasteiger partial charge in [0.25, 0.3) is 0 Å². The zero-order valence-electron chi connectivity index (χ0n) is 10.0. The fourth-order valence-corrected chi connectivity index (χ4v) is 1.93. The van der Waals surface area contributed by atoms with Crippen LogP contribution in [0.3, 0.4) is 0 Å². The van der Waals surface area contributed by atoms with E-state index in [2.05, 4.69) is 16.8 Å². The molecule has 0 amide bonds.